The lowest BCUT2D eigenvalue weighted by atomic mass is 10.00. The van der Waals surface area contributed by atoms with Crippen LogP contribution in [0.5, 0.6) is 0 Å². The highest BCUT2D eigenvalue weighted by Crippen LogP contribution is 2.15. The van der Waals surface area contributed by atoms with Gasteiger partial charge in [0.15, 0.2) is 0 Å². The van der Waals surface area contributed by atoms with E-state index >= 15 is 0 Å². The summed E-state index contributed by atoms with van der Waals surface area (Å²) < 4.78 is 5.36. The molecule has 0 aliphatic heterocycles. The summed E-state index contributed by atoms with van der Waals surface area (Å²) in [6, 6.07) is 0.367. The maximum absolute atomic E-state index is 9.56. The highest BCUT2D eigenvalue weighted by atomic mass is 16.5. The third-order valence-electron chi connectivity index (χ3n) is 2.67. The van der Waals surface area contributed by atoms with Crippen molar-refractivity contribution in [2.75, 3.05) is 13.7 Å². The van der Waals surface area contributed by atoms with Crippen LogP contribution in [0.25, 0.3) is 0 Å². The molecular formula is C12H27NO2. The van der Waals surface area contributed by atoms with Gasteiger partial charge in [0.1, 0.15) is 0 Å². The Morgan fingerprint density at radius 2 is 2.00 bits per heavy atom. The Hall–Kier alpha value is -0.120. The van der Waals surface area contributed by atoms with E-state index in [9.17, 15) is 5.11 Å². The maximum Gasteiger partial charge on any atom is 0.0664 e. The second-order valence-electron chi connectivity index (χ2n) is 4.92. The molecule has 0 saturated carbocycles. The minimum absolute atomic E-state index is 0.0951. The lowest BCUT2D eigenvalue weighted by Crippen LogP contribution is -2.39. The largest absolute Gasteiger partial charge is 0.392 e. The fourth-order valence-electron chi connectivity index (χ4n) is 1.67. The maximum atomic E-state index is 9.56. The Labute approximate surface area is 94.2 Å². The van der Waals surface area contributed by atoms with Gasteiger partial charge in [-0.25, -0.2) is 0 Å². The molecule has 0 radical (unpaired) electrons. The van der Waals surface area contributed by atoms with Crippen molar-refractivity contribution in [3.63, 3.8) is 0 Å². The van der Waals surface area contributed by atoms with Gasteiger partial charge in [-0.05, 0) is 33.6 Å². The van der Waals surface area contributed by atoms with Crippen LogP contribution in [-0.4, -0.2) is 36.5 Å². The zero-order valence-electron chi connectivity index (χ0n) is 10.8. The van der Waals surface area contributed by atoms with Crippen LogP contribution in [0, 0.1) is 0 Å². The van der Waals surface area contributed by atoms with E-state index in [0.29, 0.717) is 12.6 Å². The summed E-state index contributed by atoms with van der Waals surface area (Å²) in [7, 11) is 1.73. The molecule has 0 amide bonds. The molecule has 2 unspecified atom stereocenters. The Bertz CT molecular complexity index is 160. The van der Waals surface area contributed by atoms with E-state index in [1.54, 1.807) is 7.11 Å². The SMILES string of the molecule is CCCC(O)CNC(C)CC(C)(C)OC. The third kappa shape index (κ3) is 7.77. The predicted octanol–water partition coefficient (Wildman–Crippen LogP) is 1.94. The quantitative estimate of drug-likeness (QED) is 0.653. The number of methoxy groups -OCH3 is 1. The van der Waals surface area contributed by atoms with E-state index in [-0.39, 0.29) is 11.7 Å². The van der Waals surface area contributed by atoms with Crippen molar-refractivity contribution in [2.45, 2.75) is 64.7 Å². The average Bonchev–Trinajstić information content (AvgIpc) is 2.15. The van der Waals surface area contributed by atoms with Crippen LogP contribution in [0.1, 0.15) is 47.0 Å². The number of rotatable bonds is 8. The molecule has 2 N–H and O–H groups in total. The van der Waals surface area contributed by atoms with Gasteiger partial charge in [-0.3, -0.25) is 0 Å². The number of ether oxygens (including phenoxy) is 1. The van der Waals surface area contributed by atoms with E-state index < -0.39 is 0 Å². The molecule has 0 spiro atoms. The van der Waals surface area contributed by atoms with Gasteiger partial charge in [-0.1, -0.05) is 13.3 Å². The molecular weight excluding hydrogens is 190 g/mol. The Kier molecular flexibility index (Phi) is 7.14. The van der Waals surface area contributed by atoms with E-state index in [1.165, 1.54) is 0 Å². The number of nitrogens with one attached hydrogen (secondary N) is 1. The highest BCUT2D eigenvalue weighted by Gasteiger charge is 2.20. The zero-order chi connectivity index (χ0) is 11.9. The molecule has 0 aromatic carbocycles. The van der Waals surface area contributed by atoms with Crippen LogP contribution in [0.2, 0.25) is 0 Å². The van der Waals surface area contributed by atoms with Gasteiger partial charge in [0, 0.05) is 19.7 Å². The molecule has 2 atom stereocenters. The summed E-state index contributed by atoms with van der Waals surface area (Å²) in [5.41, 5.74) is -0.0951. The topological polar surface area (TPSA) is 41.5 Å². The third-order valence-corrected chi connectivity index (χ3v) is 2.67. The average molecular weight is 217 g/mol. The molecule has 0 aliphatic carbocycles. The molecule has 3 heteroatoms. The molecule has 0 saturated heterocycles. The molecule has 0 rings (SSSR count). The molecule has 0 heterocycles. The summed E-state index contributed by atoms with van der Waals surface area (Å²) in [5.74, 6) is 0. The summed E-state index contributed by atoms with van der Waals surface area (Å²) in [6.45, 7) is 9.04. The lowest BCUT2D eigenvalue weighted by molar-refractivity contribution is 0.00747. The van der Waals surface area contributed by atoms with Crippen molar-refractivity contribution in [2.24, 2.45) is 0 Å². The summed E-state index contributed by atoms with van der Waals surface area (Å²) in [4.78, 5) is 0. The zero-order valence-corrected chi connectivity index (χ0v) is 10.8. The normalized spacial score (nSPS) is 16.4. The van der Waals surface area contributed by atoms with Gasteiger partial charge in [0.05, 0.1) is 11.7 Å². The fraction of sp³-hybridized carbons (Fsp3) is 1.00. The number of hydrogen-bond acceptors (Lipinski definition) is 3. The van der Waals surface area contributed by atoms with Crippen molar-refractivity contribution in [3.8, 4) is 0 Å². The second-order valence-corrected chi connectivity index (χ2v) is 4.92. The molecule has 3 nitrogen and oxygen atoms in total. The van der Waals surface area contributed by atoms with Crippen LogP contribution in [-0.2, 0) is 4.74 Å². The first-order valence-electron chi connectivity index (χ1n) is 5.88. The molecule has 0 fully saturated rings. The van der Waals surface area contributed by atoms with Crippen LogP contribution in [0.3, 0.4) is 0 Å². The van der Waals surface area contributed by atoms with Gasteiger partial charge < -0.3 is 15.2 Å². The van der Waals surface area contributed by atoms with Crippen LogP contribution >= 0.6 is 0 Å². The first kappa shape index (κ1) is 14.9. The molecule has 0 aromatic heterocycles. The van der Waals surface area contributed by atoms with Crippen molar-refractivity contribution in [1.29, 1.82) is 0 Å². The van der Waals surface area contributed by atoms with Crippen molar-refractivity contribution >= 4 is 0 Å². The van der Waals surface area contributed by atoms with Gasteiger partial charge in [-0.2, -0.15) is 0 Å². The Morgan fingerprint density at radius 1 is 1.40 bits per heavy atom. The first-order valence-corrected chi connectivity index (χ1v) is 5.88. The van der Waals surface area contributed by atoms with Crippen molar-refractivity contribution in [1.82, 2.24) is 5.32 Å². The number of aliphatic hydroxyl groups is 1. The molecule has 92 valence electrons. The summed E-state index contributed by atoms with van der Waals surface area (Å²) in [6.07, 6.45) is 2.62. The molecule has 0 aromatic rings. The Balaban J connectivity index is 3.70. The molecule has 15 heavy (non-hydrogen) atoms. The van der Waals surface area contributed by atoms with E-state index in [2.05, 4.69) is 33.0 Å². The highest BCUT2D eigenvalue weighted by molar-refractivity contribution is 4.76. The second kappa shape index (κ2) is 7.20. The summed E-state index contributed by atoms with van der Waals surface area (Å²) in [5, 5.41) is 12.9. The van der Waals surface area contributed by atoms with E-state index in [0.717, 1.165) is 19.3 Å². The van der Waals surface area contributed by atoms with E-state index in [4.69, 9.17) is 4.74 Å². The van der Waals surface area contributed by atoms with Crippen molar-refractivity contribution in [3.05, 3.63) is 0 Å². The van der Waals surface area contributed by atoms with Crippen molar-refractivity contribution < 1.29 is 9.84 Å². The van der Waals surface area contributed by atoms with Gasteiger partial charge in [-0.15, -0.1) is 0 Å². The predicted molar refractivity (Wildman–Crippen MR) is 64.1 cm³/mol. The van der Waals surface area contributed by atoms with E-state index in [1.807, 2.05) is 0 Å². The smallest absolute Gasteiger partial charge is 0.0664 e. The molecule has 0 bridgehead atoms. The van der Waals surface area contributed by atoms with Gasteiger partial charge in [0.25, 0.3) is 0 Å². The molecule has 0 aliphatic rings. The lowest BCUT2D eigenvalue weighted by Gasteiger charge is -2.27. The van der Waals surface area contributed by atoms with Gasteiger partial charge in [0.2, 0.25) is 0 Å². The number of aliphatic hydroxyl groups excluding tert-OH is 1. The van der Waals surface area contributed by atoms with Crippen LogP contribution in [0.15, 0.2) is 0 Å². The minimum Gasteiger partial charge on any atom is -0.392 e. The minimum atomic E-state index is -0.219. The monoisotopic (exact) mass is 217 g/mol. The fourth-order valence-corrected chi connectivity index (χ4v) is 1.67. The van der Waals surface area contributed by atoms with Gasteiger partial charge >= 0.3 is 0 Å². The number of hydrogen-bond donors (Lipinski definition) is 2. The summed E-state index contributed by atoms with van der Waals surface area (Å²) >= 11 is 0. The van der Waals surface area contributed by atoms with Crippen LogP contribution in [0.4, 0.5) is 0 Å². The standard InChI is InChI=1S/C12H27NO2/c1-6-7-11(14)9-13-10(2)8-12(3,4)15-5/h10-11,13-14H,6-9H2,1-5H3. The Morgan fingerprint density at radius 3 is 2.47 bits per heavy atom. The van der Waals surface area contributed by atoms with Crippen LogP contribution < -0.4 is 5.32 Å². The first-order chi connectivity index (χ1) is 6.91.